The average molecular weight is 358 g/mol. The number of hydrogen-bond donors (Lipinski definition) is 1. The minimum absolute atomic E-state index is 0.118. The number of rotatable bonds is 4. The Morgan fingerprint density at radius 3 is 2.48 bits per heavy atom. The van der Waals surface area contributed by atoms with Gasteiger partial charge in [0.2, 0.25) is 0 Å². The van der Waals surface area contributed by atoms with Crippen LogP contribution >= 0.6 is 0 Å². The van der Waals surface area contributed by atoms with Crippen molar-refractivity contribution in [2.75, 3.05) is 5.32 Å². The molecule has 4 aromatic rings. The Bertz CT molecular complexity index is 1080. The largest absolute Gasteiger partial charge is 0.319 e. The van der Waals surface area contributed by atoms with Gasteiger partial charge in [0.05, 0.1) is 16.9 Å². The smallest absolute Gasteiger partial charge is 0.259 e. The normalized spacial score (nSPS) is 10.6. The van der Waals surface area contributed by atoms with E-state index in [1.807, 2.05) is 36.4 Å². The first-order chi connectivity index (χ1) is 13.2. The zero-order valence-electron chi connectivity index (χ0n) is 14.2. The summed E-state index contributed by atoms with van der Waals surface area (Å²) in [5.41, 5.74) is 2.43. The van der Waals surface area contributed by atoms with Crippen LogP contribution in [0.2, 0.25) is 0 Å². The van der Waals surface area contributed by atoms with Crippen LogP contribution in [0.3, 0.4) is 0 Å². The summed E-state index contributed by atoms with van der Waals surface area (Å²) in [5, 5.41) is 7.17. The third kappa shape index (κ3) is 3.46. The highest BCUT2D eigenvalue weighted by atomic mass is 19.1. The van der Waals surface area contributed by atoms with Crippen molar-refractivity contribution in [1.82, 2.24) is 14.8 Å². The number of nitrogens with one attached hydrogen (secondary N) is 1. The Hall–Kier alpha value is -3.80. The number of halogens is 1. The summed E-state index contributed by atoms with van der Waals surface area (Å²) in [6.45, 7) is 0. The van der Waals surface area contributed by atoms with Gasteiger partial charge >= 0.3 is 0 Å². The minimum atomic E-state index is -0.496. The number of anilines is 1. The number of carbonyl (C=O) groups excluding carboxylic acids is 1. The van der Waals surface area contributed by atoms with E-state index in [0.717, 1.165) is 5.69 Å². The Morgan fingerprint density at radius 2 is 1.74 bits per heavy atom. The van der Waals surface area contributed by atoms with Crippen LogP contribution in [0.5, 0.6) is 0 Å². The maximum Gasteiger partial charge on any atom is 0.259 e. The zero-order chi connectivity index (χ0) is 18.6. The van der Waals surface area contributed by atoms with Crippen LogP contribution in [-0.4, -0.2) is 20.7 Å². The molecule has 0 fully saturated rings. The van der Waals surface area contributed by atoms with E-state index in [9.17, 15) is 9.18 Å². The first-order valence-corrected chi connectivity index (χ1v) is 8.34. The van der Waals surface area contributed by atoms with Crippen molar-refractivity contribution in [3.05, 3.63) is 96.7 Å². The fourth-order valence-corrected chi connectivity index (χ4v) is 2.72. The summed E-state index contributed by atoms with van der Waals surface area (Å²) in [6, 6.07) is 19.1. The molecule has 0 unspecified atom stereocenters. The fourth-order valence-electron chi connectivity index (χ4n) is 2.72. The van der Waals surface area contributed by atoms with E-state index in [0.29, 0.717) is 16.8 Å². The van der Waals surface area contributed by atoms with Crippen molar-refractivity contribution in [3.63, 3.8) is 0 Å². The summed E-state index contributed by atoms with van der Waals surface area (Å²) in [5.74, 6) is -0.939. The lowest BCUT2D eigenvalue weighted by atomic mass is 10.1. The summed E-state index contributed by atoms with van der Waals surface area (Å²) in [4.78, 5) is 17.0. The molecule has 6 heteroatoms. The van der Waals surface area contributed by atoms with Gasteiger partial charge in [-0.3, -0.25) is 9.78 Å². The topological polar surface area (TPSA) is 59.8 Å². The van der Waals surface area contributed by atoms with Gasteiger partial charge in [-0.05, 0) is 36.4 Å². The lowest BCUT2D eigenvalue weighted by molar-refractivity contribution is 0.102. The van der Waals surface area contributed by atoms with E-state index in [2.05, 4.69) is 15.4 Å². The second kappa shape index (κ2) is 7.21. The average Bonchev–Trinajstić information content (AvgIpc) is 3.17. The first-order valence-electron chi connectivity index (χ1n) is 8.34. The molecule has 132 valence electrons. The van der Waals surface area contributed by atoms with E-state index < -0.39 is 11.7 Å². The third-order valence-electron chi connectivity index (χ3n) is 4.04. The van der Waals surface area contributed by atoms with Crippen LogP contribution in [-0.2, 0) is 0 Å². The number of hydrogen-bond acceptors (Lipinski definition) is 3. The van der Waals surface area contributed by atoms with Gasteiger partial charge in [0.25, 0.3) is 5.91 Å². The minimum Gasteiger partial charge on any atom is -0.319 e. The van der Waals surface area contributed by atoms with Crippen LogP contribution in [0.25, 0.3) is 16.9 Å². The molecular formula is C21H15FN4O. The summed E-state index contributed by atoms with van der Waals surface area (Å²) >= 11 is 0. The van der Waals surface area contributed by atoms with Gasteiger partial charge in [0.1, 0.15) is 11.5 Å². The van der Waals surface area contributed by atoms with Crippen LogP contribution in [0.1, 0.15) is 10.4 Å². The van der Waals surface area contributed by atoms with Gasteiger partial charge in [-0.1, -0.05) is 30.3 Å². The molecule has 0 aliphatic carbocycles. The Kier molecular flexibility index (Phi) is 4.45. The maximum absolute atomic E-state index is 13.9. The predicted molar refractivity (Wildman–Crippen MR) is 101 cm³/mol. The highest BCUT2D eigenvalue weighted by Gasteiger charge is 2.19. The molecule has 0 spiro atoms. The van der Waals surface area contributed by atoms with E-state index in [4.69, 9.17) is 0 Å². The number of benzene rings is 2. The number of nitrogens with zero attached hydrogens (tertiary/aromatic N) is 3. The van der Waals surface area contributed by atoms with Crippen molar-refractivity contribution in [2.45, 2.75) is 0 Å². The predicted octanol–water partition coefficient (Wildman–Crippen LogP) is 4.33. The number of amides is 1. The molecule has 27 heavy (non-hydrogen) atoms. The zero-order valence-corrected chi connectivity index (χ0v) is 14.2. The Morgan fingerprint density at radius 1 is 0.963 bits per heavy atom. The van der Waals surface area contributed by atoms with Gasteiger partial charge in [-0.15, -0.1) is 0 Å². The number of pyridine rings is 1. The second-order valence-electron chi connectivity index (χ2n) is 5.85. The van der Waals surface area contributed by atoms with E-state index >= 15 is 0 Å². The van der Waals surface area contributed by atoms with Crippen molar-refractivity contribution in [3.8, 4) is 16.9 Å². The lowest BCUT2D eigenvalue weighted by Crippen LogP contribution is -2.13. The van der Waals surface area contributed by atoms with E-state index in [1.165, 1.54) is 12.1 Å². The molecule has 5 nitrogen and oxygen atoms in total. The standard InChI is InChI=1S/C21H15FN4O/c22-18-10-4-5-11-19(18)24-21(27)17-14-26(16-8-2-1-3-9-16)25-20(17)15-7-6-12-23-13-15/h1-14H,(H,24,27). The van der Waals surface area contributed by atoms with Crippen molar-refractivity contribution in [1.29, 1.82) is 0 Å². The monoisotopic (exact) mass is 358 g/mol. The van der Waals surface area contributed by atoms with E-state index in [-0.39, 0.29) is 5.69 Å². The quantitative estimate of drug-likeness (QED) is 0.591. The molecule has 0 bridgehead atoms. The molecule has 4 rings (SSSR count). The van der Waals surface area contributed by atoms with Crippen LogP contribution < -0.4 is 5.32 Å². The maximum atomic E-state index is 13.9. The highest BCUT2D eigenvalue weighted by molar-refractivity contribution is 6.08. The number of para-hydroxylation sites is 2. The SMILES string of the molecule is O=C(Nc1ccccc1F)c1cn(-c2ccccc2)nc1-c1cccnc1. The molecule has 0 aliphatic heterocycles. The van der Waals surface area contributed by atoms with Gasteiger partial charge in [-0.2, -0.15) is 5.10 Å². The fraction of sp³-hybridized carbons (Fsp3) is 0. The lowest BCUT2D eigenvalue weighted by Gasteiger charge is -2.06. The van der Waals surface area contributed by atoms with Gasteiger partial charge in [-0.25, -0.2) is 9.07 Å². The molecule has 0 atom stereocenters. The molecule has 1 N–H and O–H groups in total. The van der Waals surface area contributed by atoms with Crippen molar-refractivity contribution >= 4 is 11.6 Å². The molecule has 0 saturated heterocycles. The summed E-state index contributed by atoms with van der Waals surface area (Å²) in [6.07, 6.45) is 4.92. The third-order valence-corrected chi connectivity index (χ3v) is 4.04. The highest BCUT2D eigenvalue weighted by Crippen LogP contribution is 2.24. The van der Waals surface area contributed by atoms with Gasteiger partial charge in [0, 0.05) is 24.2 Å². The molecule has 1 amide bonds. The van der Waals surface area contributed by atoms with Crippen molar-refractivity contribution < 1.29 is 9.18 Å². The molecule has 0 radical (unpaired) electrons. The van der Waals surface area contributed by atoms with E-state index in [1.54, 1.807) is 41.5 Å². The molecule has 2 heterocycles. The Labute approximate surface area is 155 Å². The second-order valence-corrected chi connectivity index (χ2v) is 5.85. The van der Waals surface area contributed by atoms with Gasteiger partial charge in [0.15, 0.2) is 0 Å². The summed E-state index contributed by atoms with van der Waals surface area (Å²) in [7, 11) is 0. The van der Waals surface area contributed by atoms with Crippen LogP contribution in [0, 0.1) is 5.82 Å². The van der Waals surface area contributed by atoms with Crippen LogP contribution in [0.4, 0.5) is 10.1 Å². The van der Waals surface area contributed by atoms with Gasteiger partial charge < -0.3 is 5.32 Å². The molecule has 2 aromatic heterocycles. The molecule has 2 aromatic carbocycles. The van der Waals surface area contributed by atoms with Crippen molar-refractivity contribution in [2.24, 2.45) is 0 Å². The number of carbonyl (C=O) groups is 1. The molecule has 0 saturated carbocycles. The molecular weight excluding hydrogens is 343 g/mol. The summed E-state index contributed by atoms with van der Waals surface area (Å²) < 4.78 is 15.5. The van der Waals surface area contributed by atoms with Crippen LogP contribution in [0.15, 0.2) is 85.3 Å². The first kappa shape index (κ1) is 16.7. The number of aromatic nitrogens is 3. The molecule has 0 aliphatic rings. The Balaban J connectivity index is 1.77.